The number of nitrogens with one attached hydrogen (secondary N) is 2. The van der Waals surface area contributed by atoms with Gasteiger partial charge < -0.3 is 15.4 Å². The molecule has 0 aliphatic rings. The molecule has 2 N–H and O–H groups in total. The summed E-state index contributed by atoms with van der Waals surface area (Å²) >= 11 is 1.56. The SMILES string of the molecule is CSc1cccc(NC(=O)COC(=O)[C@@H](NC(=O)c2cccc(C)c2)C(C)C)c1. The summed E-state index contributed by atoms with van der Waals surface area (Å²) in [5.41, 5.74) is 2.05. The number of thioether (sulfide) groups is 1. The molecule has 0 radical (unpaired) electrons. The number of benzene rings is 2. The standard InChI is InChI=1S/C22H26N2O4S/c1-14(2)20(24-21(26)16-8-5-7-15(3)11-16)22(27)28-13-19(25)23-17-9-6-10-18(12-17)29-4/h5-12,14,20H,13H2,1-4H3,(H,23,25)(H,24,26)/t20-/m0/s1. The minimum Gasteiger partial charge on any atom is -0.454 e. The van der Waals surface area contributed by atoms with E-state index in [1.54, 1.807) is 49.9 Å². The summed E-state index contributed by atoms with van der Waals surface area (Å²) in [5.74, 6) is -1.64. The van der Waals surface area contributed by atoms with Crippen molar-refractivity contribution in [3.63, 3.8) is 0 Å². The first kappa shape index (κ1) is 22.5. The van der Waals surface area contributed by atoms with E-state index in [-0.39, 0.29) is 11.8 Å². The third kappa shape index (κ3) is 6.94. The Morgan fingerprint density at radius 1 is 1.07 bits per heavy atom. The molecule has 7 heteroatoms. The summed E-state index contributed by atoms with van der Waals surface area (Å²) in [6.45, 7) is 5.07. The highest BCUT2D eigenvalue weighted by Gasteiger charge is 2.26. The lowest BCUT2D eigenvalue weighted by Crippen LogP contribution is -2.46. The number of esters is 1. The first-order valence-electron chi connectivity index (χ1n) is 9.28. The van der Waals surface area contributed by atoms with Gasteiger partial charge in [-0.15, -0.1) is 11.8 Å². The van der Waals surface area contributed by atoms with E-state index in [2.05, 4.69) is 10.6 Å². The molecule has 154 valence electrons. The molecule has 2 aromatic rings. The van der Waals surface area contributed by atoms with Crippen LogP contribution in [0.2, 0.25) is 0 Å². The predicted octanol–water partition coefficient (Wildman–Crippen LogP) is 3.65. The van der Waals surface area contributed by atoms with Gasteiger partial charge in [-0.2, -0.15) is 0 Å². The van der Waals surface area contributed by atoms with Gasteiger partial charge in [0.2, 0.25) is 0 Å². The molecule has 6 nitrogen and oxygen atoms in total. The molecular weight excluding hydrogens is 388 g/mol. The minimum absolute atomic E-state index is 0.197. The number of aryl methyl sites for hydroxylation is 1. The Kier molecular flexibility index (Phi) is 8.27. The lowest BCUT2D eigenvalue weighted by Gasteiger charge is -2.21. The summed E-state index contributed by atoms with van der Waals surface area (Å²) < 4.78 is 5.15. The lowest BCUT2D eigenvalue weighted by molar-refractivity contribution is -0.150. The van der Waals surface area contributed by atoms with Crippen LogP contribution in [0.15, 0.2) is 53.4 Å². The van der Waals surface area contributed by atoms with E-state index < -0.39 is 24.5 Å². The molecule has 1 atom stereocenters. The van der Waals surface area contributed by atoms with Crippen LogP contribution in [0, 0.1) is 12.8 Å². The molecule has 0 aromatic heterocycles. The number of hydrogen-bond acceptors (Lipinski definition) is 5. The first-order valence-corrected chi connectivity index (χ1v) is 10.5. The van der Waals surface area contributed by atoms with Crippen molar-refractivity contribution in [1.29, 1.82) is 0 Å². The van der Waals surface area contributed by atoms with E-state index in [4.69, 9.17) is 4.74 Å². The zero-order valence-electron chi connectivity index (χ0n) is 17.0. The van der Waals surface area contributed by atoms with Gasteiger partial charge >= 0.3 is 5.97 Å². The maximum Gasteiger partial charge on any atom is 0.329 e. The fourth-order valence-electron chi connectivity index (χ4n) is 2.63. The smallest absolute Gasteiger partial charge is 0.329 e. The molecule has 2 rings (SSSR count). The quantitative estimate of drug-likeness (QED) is 0.509. The maximum atomic E-state index is 12.5. The monoisotopic (exact) mass is 414 g/mol. The average Bonchev–Trinajstić information content (AvgIpc) is 2.70. The highest BCUT2D eigenvalue weighted by molar-refractivity contribution is 7.98. The number of carbonyl (C=O) groups excluding carboxylic acids is 3. The summed E-state index contributed by atoms with van der Waals surface area (Å²) in [6, 6.07) is 13.6. The number of anilines is 1. The third-order valence-corrected chi connectivity index (χ3v) is 4.91. The number of ether oxygens (including phenoxy) is 1. The highest BCUT2D eigenvalue weighted by Crippen LogP contribution is 2.18. The van der Waals surface area contributed by atoms with Crippen LogP contribution >= 0.6 is 11.8 Å². The van der Waals surface area contributed by atoms with Gasteiger partial charge in [0, 0.05) is 16.1 Å². The Hall–Kier alpha value is -2.80. The molecule has 0 aliphatic heterocycles. The van der Waals surface area contributed by atoms with Gasteiger partial charge in [-0.25, -0.2) is 4.79 Å². The Morgan fingerprint density at radius 2 is 1.79 bits per heavy atom. The van der Waals surface area contributed by atoms with Crippen LogP contribution in [0.3, 0.4) is 0 Å². The summed E-state index contributed by atoms with van der Waals surface area (Å²) in [4.78, 5) is 38.0. The highest BCUT2D eigenvalue weighted by atomic mass is 32.2. The van der Waals surface area contributed by atoms with Crippen LogP contribution in [0.5, 0.6) is 0 Å². The van der Waals surface area contributed by atoms with Crippen molar-refractivity contribution in [1.82, 2.24) is 5.32 Å². The van der Waals surface area contributed by atoms with Crippen molar-refractivity contribution in [3.05, 3.63) is 59.7 Å². The predicted molar refractivity (Wildman–Crippen MR) is 115 cm³/mol. The van der Waals surface area contributed by atoms with Gasteiger partial charge in [0.25, 0.3) is 11.8 Å². The van der Waals surface area contributed by atoms with Crippen LogP contribution in [0.1, 0.15) is 29.8 Å². The zero-order chi connectivity index (χ0) is 21.4. The van der Waals surface area contributed by atoms with E-state index in [0.29, 0.717) is 11.3 Å². The van der Waals surface area contributed by atoms with Crippen LogP contribution in [0.25, 0.3) is 0 Å². The fourth-order valence-corrected chi connectivity index (χ4v) is 3.09. The molecule has 0 fully saturated rings. The van der Waals surface area contributed by atoms with Crippen LogP contribution in [-0.2, 0) is 14.3 Å². The average molecular weight is 415 g/mol. The van der Waals surface area contributed by atoms with Crippen molar-refractivity contribution >= 4 is 35.2 Å². The third-order valence-electron chi connectivity index (χ3n) is 4.19. The largest absolute Gasteiger partial charge is 0.454 e. The molecule has 0 saturated heterocycles. The second kappa shape index (κ2) is 10.7. The number of carbonyl (C=O) groups is 3. The lowest BCUT2D eigenvalue weighted by atomic mass is 10.0. The second-order valence-corrected chi connectivity index (χ2v) is 7.83. The molecule has 0 unspecified atom stereocenters. The van der Waals surface area contributed by atoms with Crippen molar-refractivity contribution in [2.75, 3.05) is 18.2 Å². The Bertz CT molecular complexity index is 883. The van der Waals surface area contributed by atoms with Crippen LogP contribution in [0.4, 0.5) is 5.69 Å². The number of hydrogen-bond donors (Lipinski definition) is 2. The molecule has 2 amide bonds. The van der Waals surface area contributed by atoms with Crippen LogP contribution in [-0.4, -0.2) is 36.7 Å². The molecule has 0 spiro atoms. The van der Waals surface area contributed by atoms with Gasteiger partial charge in [-0.05, 0) is 49.4 Å². The fraction of sp³-hybridized carbons (Fsp3) is 0.318. The molecular formula is C22H26N2O4S. The number of rotatable bonds is 8. The van der Waals surface area contributed by atoms with E-state index in [1.165, 1.54) is 0 Å². The van der Waals surface area contributed by atoms with Crippen molar-refractivity contribution in [2.45, 2.75) is 31.7 Å². The van der Waals surface area contributed by atoms with Crippen molar-refractivity contribution in [2.24, 2.45) is 5.92 Å². The van der Waals surface area contributed by atoms with Gasteiger partial charge in [0.15, 0.2) is 6.61 Å². The van der Waals surface area contributed by atoms with E-state index in [1.807, 2.05) is 37.4 Å². The molecule has 2 aromatic carbocycles. The van der Waals surface area contributed by atoms with Gasteiger partial charge in [0.1, 0.15) is 6.04 Å². The summed E-state index contributed by atoms with van der Waals surface area (Å²) in [6.07, 6.45) is 1.94. The normalized spacial score (nSPS) is 11.6. The molecule has 0 heterocycles. The van der Waals surface area contributed by atoms with E-state index in [9.17, 15) is 14.4 Å². The Morgan fingerprint density at radius 3 is 2.45 bits per heavy atom. The van der Waals surface area contributed by atoms with Gasteiger partial charge in [0.05, 0.1) is 0 Å². The molecule has 0 saturated carbocycles. The first-order chi connectivity index (χ1) is 13.8. The minimum atomic E-state index is -0.851. The Labute approximate surface area is 175 Å². The summed E-state index contributed by atoms with van der Waals surface area (Å²) in [5, 5.41) is 5.40. The summed E-state index contributed by atoms with van der Waals surface area (Å²) in [7, 11) is 0. The Balaban J connectivity index is 1.93. The second-order valence-electron chi connectivity index (χ2n) is 6.95. The van der Waals surface area contributed by atoms with Crippen molar-refractivity contribution < 1.29 is 19.1 Å². The van der Waals surface area contributed by atoms with E-state index in [0.717, 1.165) is 10.5 Å². The van der Waals surface area contributed by atoms with Gasteiger partial charge in [-0.3, -0.25) is 9.59 Å². The van der Waals surface area contributed by atoms with Crippen molar-refractivity contribution in [3.8, 4) is 0 Å². The molecule has 0 aliphatic carbocycles. The topological polar surface area (TPSA) is 84.5 Å². The maximum absolute atomic E-state index is 12.5. The zero-order valence-corrected chi connectivity index (χ0v) is 17.8. The number of amides is 2. The molecule has 0 bridgehead atoms. The molecule has 29 heavy (non-hydrogen) atoms. The van der Waals surface area contributed by atoms with Gasteiger partial charge in [-0.1, -0.05) is 37.6 Å². The van der Waals surface area contributed by atoms with Crippen LogP contribution < -0.4 is 10.6 Å². The van der Waals surface area contributed by atoms with E-state index >= 15 is 0 Å².